The Bertz CT molecular complexity index is 1080. The minimum absolute atomic E-state index is 0.0318. The van der Waals surface area contributed by atoms with E-state index in [0.29, 0.717) is 37.8 Å². The van der Waals surface area contributed by atoms with Crippen LogP contribution in [0.3, 0.4) is 0 Å². The van der Waals surface area contributed by atoms with Crippen molar-refractivity contribution in [1.82, 2.24) is 9.62 Å². The molecule has 9 heteroatoms. The van der Waals surface area contributed by atoms with Gasteiger partial charge in [0.05, 0.1) is 11.1 Å². The number of rotatable bonds is 5. The number of hydrogen-bond acceptors (Lipinski definition) is 5. The minimum atomic E-state index is -3.75. The molecule has 0 saturated carbocycles. The Morgan fingerprint density at radius 1 is 1.03 bits per heavy atom. The average molecular weight is 465 g/mol. The standard InChI is InChI=1S/C22H25ClN2O5S/c1-15(16-6-8-19-20(13-16)30-12-11-29-19)24-22(26)17-5-7-18(23)21(14-17)31(27,28)25-9-3-2-4-10-25/h5-8,13-15H,2-4,9-12H2,1H3,(H,24,26). The molecule has 1 fully saturated rings. The summed E-state index contributed by atoms with van der Waals surface area (Å²) >= 11 is 6.21. The average Bonchev–Trinajstić information content (AvgIpc) is 2.79. The molecule has 1 unspecified atom stereocenters. The lowest BCUT2D eigenvalue weighted by molar-refractivity contribution is 0.0939. The molecule has 1 saturated heterocycles. The summed E-state index contributed by atoms with van der Waals surface area (Å²) in [6, 6.07) is 9.56. The fraction of sp³-hybridized carbons (Fsp3) is 0.409. The van der Waals surface area contributed by atoms with Crippen LogP contribution in [0.2, 0.25) is 5.02 Å². The Hall–Kier alpha value is -2.29. The summed E-state index contributed by atoms with van der Waals surface area (Å²) in [7, 11) is -3.75. The Kier molecular flexibility index (Phi) is 6.41. The fourth-order valence-corrected chi connectivity index (χ4v) is 5.80. The van der Waals surface area contributed by atoms with E-state index in [1.165, 1.54) is 22.5 Å². The van der Waals surface area contributed by atoms with Gasteiger partial charge in [0, 0.05) is 18.7 Å². The molecule has 2 aromatic rings. The van der Waals surface area contributed by atoms with Crippen molar-refractivity contribution in [3.05, 3.63) is 52.5 Å². The molecule has 166 valence electrons. The molecule has 0 aliphatic carbocycles. The van der Waals surface area contributed by atoms with Crippen LogP contribution in [-0.2, 0) is 10.0 Å². The normalized spacial score (nSPS) is 17.7. The second kappa shape index (κ2) is 9.06. The Morgan fingerprint density at radius 2 is 1.74 bits per heavy atom. The number of amides is 1. The van der Waals surface area contributed by atoms with Crippen LogP contribution in [0.25, 0.3) is 0 Å². The van der Waals surface area contributed by atoms with Gasteiger partial charge in [-0.15, -0.1) is 0 Å². The van der Waals surface area contributed by atoms with E-state index in [9.17, 15) is 13.2 Å². The van der Waals surface area contributed by atoms with Crippen molar-refractivity contribution in [2.75, 3.05) is 26.3 Å². The summed E-state index contributed by atoms with van der Waals surface area (Å²) in [6.07, 6.45) is 2.66. The summed E-state index contributed by atoms with van der Waals surface area (Å²) < 4.78 is 38.7. The second-order valence-electron chi connectivity index (χ2n) is 7.71. The number of nitrogens with one attached hydrogen (secondary N) is 1. The number of carbonyl (C=O) groups excluding carboxylic acids is 1. The quantitative estimate of drug-likeness (QED) is 0.727. The third-order valence-electron chi connectivity index (χ3n) is 5.54. The number of sulfonamides is 1. The fourth-order valence-electron chi connectivity index (χ4n) is 3.78. The van der Waals surface area contributed by atoms with Crippen LogP contribution in [0.5, 0.6) is 11.5 Å². The minimum Gasteiger partial charge on any atom is -0.486 e. The van der Waals surface area contributed by atoms with Crippen LogP contribution in [-0.4, -0.2) is 44.9 Å². The first-order valence-corrected chi connectivity index (χ1v) is 12.2. The SMILES string of the molecule is CC(NC(=O)c1ccc(Cl)c(S(=O)(=O)N2CCCCC2)c1)c1ccc2c(c1)OCCO2. The van der Waals surface area contributed by atoms with Crippen LogP contribution < -0.4 is 14.8 Å². The molecule has 2 aromatic carbocycles. The van der Waals surface area contributed by atoms with Crippen molar-refractivity contribution in [2.45, 2.75) is 37.1 Å². The van der Waals surface area contributed by atoms with Gasteiger partial charge in [0.1, 0.15) is 18.1 Å². The Balaban J connectivity index is 1.53. The predicted octanol–water partition coefficient (Wildman–Crippen LogP) is 3.78. The molecule has 1 amide bonds. The van der Waals surface area contributed by atoms with Crippen molar-refractivity contribution in [3.63, 3.8) is 0 Å². The van der Waals surface area contributed by atoms with Crippen molar-refractivity contribution in [2.24, 2.45) is 0 Å². The van der Waals surface area contributed by atoms with Gasteiger partial charge in [-0.25, -0.2) is 8.42 Å². The molecule has 0 bridgehead atoms. The number of hydrogen-bond donors (Lipinski definition) is 1. The van der Waals surface area contributed by atoms with E-state index >= 15 is 0 Å². The van der Waals surface area contributed by atoms with Crippen molar-refractivity contribution in [3.8, 4) is 11.5 Å². The summed E-state index contributed by atoms with van der Waals surface area (Å²) in [6.45, 7) is 3.78. The molecule has 1 N–H and O–H groups in total. The summed E-state index contributed by atoms with van der Waals surface area (Å²) in [5.41, 5.74) is 1.09. The number of halogens is 1. The Labute approximate surface area is 187 Å². The monoisotopic (exact) mass is 464 g/mol. The molecule has 0 spiro atoms. The summed E-state index contributed by atoms with van der Waals surface area (Å²) in [5, 5.41) is 3.02. The number of piperidine rings is 1. The van der Waals surface area contributed by atoms with Crippen LogP contribution in [0.15, 0.2) is 41.3 Å². The zero-order valence-corrected chi connectivity index (χ0v) is 18.8. The topological polar surface area (TPSA) is 84.9 Å². The third-order valence-corrected chi connectivity index (χ3v) is 7.92. The van der Waals surface area contributed by atoms with Gasteiger partial charge < -0.3 is 14.8 Å². The number of carbonyl (C=O) groups is 1. The first-order chi connectivity index (χ1) is 14.9. The van der Waals surface area contributed by atoms with E-state index in [1.54, 1.807) is 0 Å². The Morgan fingerprint density at radius 3 is 2.48 bits per heavy atom. The first-order valence-electron chi connectivity index (χ1n) is 10.4. The van der Waals surface area contributed by atoms with Crippen molar-refractivity contribution < 1.29 is 22.7 Å². The highest BCUT2D eigenvalue weighted by molar-refractivity contribution is 7.89. The van der Waals surface area contributed by atoms with E-state index < -0.39 is 10.0 Å². The maximum atomic E-state index is 13.0. The first kappa shape index (κ1) is 21.9. The number of fused-ring (bicyclic) bond motifs is 1. The van der Waals surface area contributed by atoms with E-state index in [2.05, 4.69) is 5.32 Å². The summed E-state index contributed by atoms with van der Waals surface area (Å²) in [5.74, 6) is 0.944. The van der Waals surface area contributed by atoms with Gasteiger partial charge in [0.25, 0.3) is 5.91 Å². The van der Waals surface area contributed by atoms with Gasteiger partial charge in [0.2, 0.25) is 10.0 Å². The number of benzene rings is 2. The smallest absolute Gasteiger partial charge is 0.251 e. The molecular formula is C22H25ClN2O5S. The molecule has 7 nitrogen and oxygen atoms in total. The second-order valence-corrected chi connectivity index (χ2v) is 10.0. The van der Waals surface area contributed by atoms with Crippen molar-refractivity contribution >= 4 is 27.5 Å². The van der Waals surface area contributed by atoms with E-state index in [0.717, 1.165) is 24.8 Å². The molecule has 2 aliphatic heterocycles. The van der Waals surface area contributed by atoms with E-state index in [-0.39, 0.29) is 27.4 Å². The highest BCUT2D eigenvalue weighted by Gasteiger charge is 2.29. The van der Waals surface area contributed by atoms with Gasteiger partial charge in [-0.3, -0.25) is 4.79 Å². The third kappa shape index (κ3) is 4.66. The lowest BCUT2D eigenvalue weighted by atomic mass is 10.1. The molecule has 2 aliphatic rings. The van der Waals surface area contributed by atoms with Crippen LogP contribution in [0, 0.1) is 0 Å². The van der Waals surface area contributed by atoms with Gasteiger partial charge >= 0.3 is 0 Å². The van der Waals surface area contributed by atoms with E-state index in [1.807, 2.05) is 25.1 Å². The van der Waals surface area contributed by atoms with Gasteiger partial charge in [-0.1, -0.05) is 24.1 Å². The van der Waals surface area contributed by atoms with Crippen LogP contribution in [0.1, 0.15) is 48.1 Å². The molecule has 4 rings (SSSR count). The molecule has 31 heavy (non-hydrogen) atoms. The zero-order chi connectivity index (χ0) is 22.0. The van der Waals surface area contributed by atoms with E-state index in [4.69, 9.17) is 21.1 Å². The zero-order valence-electron chi connectivity index (χ0n) is 17.3. The number of nitrogens with zero attached hydrogens (tertiary/aromatic N) is 1. The van der Waals surface area contributed by atoms with Crippen molar-refractivity contribution in [1.29, 1.82) is 0 Å². The maximum absolute atomic E-state index is 13.0. The molecule has 0 aromatic heterocycles. The van der Waals surface area contributed by atoms with Crippen LogP contribution in [0.4, 0.5) is 0 Å². The van der Waals surface area contributed by atoms with Crippen LogP contribution >= 0.6 is 11.6 Å². The predicted molar refractivity (Wildman–Crippen MR) is 117 cm³/mol. The molecule has 0 radical (unpaired) electrons. The number of ether oxygens (including phenoxy) is 2. The highest BCUT2D eigenvalue weighted by atomic mass is 35.5. The molecule has 2 heterocycles. The highest BCUT2D eigenvalue weighted by Crippen LogP contribution is 2.33. The molecule has 1 atom stereocenters. The lowest BCUT2D eigenvalue weighted by Crippen LogP contribution is -2.36. The van der Waals surface area contributed by atoms with Gasteiger partial charge in [-0.05, 0) is 55.7 Å². The summed E-state index contributed by atoms with van der Waals surface area (Å²) in [4.78, 5) is 12.8. The molecular weight excluding hydrogens is 440 g/mol. The largest absolute Gasteiger partial charge is 0.486 e. The lowest BCUT2D eigenvalue weighted by Gasteiger charge is -2.26. The van der Waals surface area contributed by atoms with Gasteiger partial charge in [0.15, 0.2) is 11.5 Å². The maximum Gasteiger partial charge on any atom is 0.251 e. The van der Waals surface area contributed by atoms with Gasteiger partial charge in [-0.2, -0.15) is 4.31 Å².